The normalized spacial score (nSPS) is 13.9. The van der Waals surface area contributed by atoms with Gasteiger partial charge in [0.1, 0.15) is 0 Å². The van der Waals surface area contributed by atoms with Crippen LogP contribution in [0.1, 0.15) is 34.1 Å². The van der Waals surface area contributed by atoms with Crippen LogP contribution in [0.3, 0.4) is 0 Å². The first-order chi connectivity index (χ1) is 10.1. The minimum atomic E-state index is -0.215. The van der Waals surface area contributed by atoms with Crippen LogP contribution in [0.15, 0.2) is 22.7 Å². The molecule has 21 heavy (non-hydrogen) atoms. The molecule has 0 aromatic heterocycles. The van der Waals surface area contributed by atoms with Gasteiger partial charge in [-0.2, -0.15) is 0 Å². The van der Waals surface area contributed by atoms with Gasteiger partial charge in [-0.3, -0.25) is 14.5 Å². The van der Waals surface area contributed by atoms with Crippen LogP contribution in [0, 0.1) is 0 Å². The number of nitrogens with one attached hydrogen (secondary N) is 1. The molecule has 1 heterocycles. The molecule has 1 aliphatic heterocycles. The number of fused-ring (bicyclic) bond motifs is 1. The van der Waals surface area contributed by atoms with E-state index in [4.69, 9.17) is 4.74 Å². The minimum Gasteiger partial charge on any atom is -0.382 e. The topological polar surface area (TPSA) is 58.6 Å². The van der Waals surface area contributed by atoms with Crippen molar-refractivity contribution in [2.45, 2.75) is 13.3 Å². The van der Waals surface area contributed by atoms with Gasteiger partial charge in [-0.05, 0) is 38.1 Å². The number of imide groups is 1. The standard InChI is InChI=1S/C15H19BrN2O3/c1-2-21-9-3-6-17-7-8-18-14(19)12-5-4-11(16)10-13(12)15(18)20/h4-5,10,17H,2-3,6-9H2,1H3. The van der Waals surface area contributed by atoms with Gasteiger partial charge in [0, 0.05) is 30.8 Å². The Kier molecular flexibility index (Phi) is 5.90. The number of nitrogens with zero attached hydrogens (tertiary/aromatic N) is 1. The van der Waals surface area contributed by atoms with Crippen LogP contribution in [-0.2, 0) is 4.74 Å². The average Bonchev–Trinajstić information content (AvgIpc) is 2.70. The van der Waals surface area contributed by atoms with E-state index < -0.39 is 0 Å². The summed E-state index contributed by atoms with van der Waals surface area (Å²) in [5.41, 5.74) is 0.963. The molecule has 6 heteroatoms. The largest absolute Gasteiger partial charge is 0.382 e. The van der Waals surface area contributed by atoms with Gasteiger partial charge < -0.3 is 10.1 Å². The molecule has 0 saturated heterocycles. The number of amides is 2. The summed E-state index contributed by atoms with van der Waals surface area (Å²) in [5, 5.41) is 3.22. The van der Waals surface area contributed by atoms with Crippen molar-refractivity contribution in [2.75, 3.05) is 32.8 Å². The molecule has 0 saturated carbocycles. The maximum Gasteiger partial charge on any atom is 0.261 e. The zero-order valence-electron chi connectivity index (χ0n) is 12.0. The van der Waals surface area contributed by atoms with Gasteiger partial charge in [0.2, 0.25) is 0 Å². The lowest BCUT2D eigenvalue weighted by atomic mass is 10.1. The third-order valence-electron chi connectivity index (χ3n) is 3.29. The Morgan fingerprint density at radius 3 is 2.71 bits per heavy atom. The van der Waals surface area contributed by atoms with Crippen molar-refractivity contribution in [3.63, 3.8) is 0 Å². The fourth-order valence-electron chi connectivity index (χ4n) is 2.23. The molecule has 0 atom stereocenters. The molecule has 0 bridgehead atoms. The van der Waals surface area contributed by atoms with E-state index in [1.165, 1.54) is 4.90 Å². The molecule has 2 amide bonds. The molecule has 0 aliphatic carbocycles. The van der Waals surface area contributed by atoms with E-state index in [2.05, 4.69) is 21.2 Å². The summed E-state index contributed by atoms with van der Waals surface area (Å²) in [5.74, 6) is -0.425. The predicted octanol–water partition coefficient (Wildman–Crippen LogP) is 2.06. The Labute approximate surface area is 132 Å². The van der Waals surface area contributed by atoms with Crippen LogP contribution in [0.25, 0.3) is 0 Å². The van der Waals surface area contributed by atoms with E-state index >= 15 is 0 Å². The van der Waals surface area contributed by atoms with Gasteiger partial charge in [-0.15, -0.1) is 0 Å². The number of rotatable bonds is 8. The van der Waals surface area contributed by atoms with Crippen LogP contribution in [0.4, 0.5) is 0 Å². The molecular formula is C15H19BrN2O3. The monoisotopic (exact) mass is 354 g/mol. The highest BCUT2D eigenvalue weighted by molar-refractivity contribution is 9.10. The molecule has 1 aliphatic rings. The van der Waals surface area contributed by atoms with Crippen molar-refractivity contribution in [1.82, 2.24) is 10.2 Å². The van der Waals surface area contributed by atoms with Gasteiger partial charge in [-0.1, -0.05) is 15.9 Å². The van der Waals surface area contributed by atoms with Crippen LogP contribution in [0.2, 0.25) is 0 Å². The van der Waals surface area contributed by atoms with E-state index in [1.807, 2.05) is 6.92 Å². The van der Waals surface area contributed by atoms with Crippen molar-refractivity contribution < 1.29 is 14.3 Å². The average molecular weight is 355 g/mol. The van der Waals surface area contributed by atoms with E-state index in [-0.39, 0.29) is 11.8 Å². The lowest BCUT2D eigenvalue weighted by Gasteiger charge is -2.14. The SMILES string of the molecule is CCOCCCNCCN1C(=O)c2ccc(Br)cc2C1=O. The van der Waals surface area contributed by atoms with Gasteiger partial charge in [0.05, 0.1) is 11.1 Å². The van der Waals surface area contributed by atoms with Crippen LogP contribution in [-0.4, -0.2) is 49.6 Å². The van der Waals surface area contributed by atoms with Crippen molar-refractivity contribution in [1.29, 1.82) is 0 Å². The highest BCUT2D eigenvalue weighted by Gasteiger charge is 2.34. The number of ether oxygens (including phenoxy) is 1. The number of hydrogen-bond donors (Lipinski definition) is 1. The maximum absolute atomic E-state index is 12.2. The lowest BCUT2D eigenvalue weighted by Crippen LogP contribution is -2.36. The van der Waals surface area contributed by atoms with Crippen molar-refractivity contribution in [3.05, 3.63) is 33.8 Å². The van der Waals surface area contributed by atoms with Gasteiger partial charge in [0.25, 0.3) is 11.8 Å². The quantitative estimate of drug-likeness (QED) is 0.573. The van der Waals surface area contributed by atoms with Crippen LogP contribution >= 0.6 is 15.9 Å². The molecule has 5 nitrogen and oxygen atoms in total. The van der Waals surface area contributed by atoms with Gasteiger partial charge in [-0.25, -0.2) is 0 Å². The molecule has 0 spiro atoms. The molecular weight excluding hydrogens is 336 g/mol. The highest BCUT2D eigenvalue weighted by Crippen LogP contribution is 2.25. The van der Waals surface area contributed by atoms with Crippen molar-refractivity contribution in [3.8, 4) is 0 Å². The zero-order valence-corrected chi connectivity index (χ0v) is 13.6. The second-order valence-electron chi connectivity index (χ2n) is 4.75. The summed E-state index contributed by atoms with van der Waals surface area (Å²) in [6, 6.07) is 5.17. The summed E-state index contributed by atoms with van der Waals surface area (Å²) in [6.07, 6.45) is 0.920. The Morgan fingerprint density at radius 2 is 1.95 bits per heavy atom. The molecule has 0 fully saturated rings. The van der Waals surface area contributed by atoms with Crippen molar-refractivity contribution in [2.24, 2.45) is 0 Å². The third-order valence-corrected chi connectivity index (χ3v) is 3.78. The number of hydrogen-bond acceptors (Lipinski definition) is 4. The predicted molar refractivity (Wildman–Crippen MR) is 83.5 cm³/mol. The molecule has 114 valence electrons. The molecule has 1 aromatic carbocycles. The second kappa shape index (κ2) is 7.68. The Bertz CT molecular complexity index is 534. The van der Waals surface area contributed by atoms with E-state index in [0.29, 0.717) is 24.2 Å². The number of carbonyl (C=O) groups excluding carboxylic acids is 2. The van der Waals surface area contributed by atoms with Crippen LogP contribution < -0.4 is 5.32 Å². The smallest absolute Gasteiger partial charge is 0.261 e. The lowest BCUT2D eigenvalue weighted by molar-refractivity contribution is 0.0655. The van der Waals surface area contributed by atoms with Crippen LogP contribution in [0.5, 0.6) is 0 Å². The number of benzene rings is 1. The number of halogens is 1. The fourth-order valence-corrected chi connectivity index (χ4v) is 2.59. The summed E-state index contributed by atoms with van der Waals surface area (Å²) in [6.45, 7) is 5.22. The highest BCUT2D eigenvalue weighted by atomic mass is 79.9. The first-order valence-corrected chi connectivity index (χ1v) is 7.88. The third kappa shape index (κ3) is 3.90. The van der Waals surface area contributed by atoms with Crippen molar-refractivity contribution >= 4 is 27.7 Å². The Morgan fingerprint density at radius 1 is 1.19 bits per heavy atom. The summed E-state index contributed by atoms with van der Waals surface area (Å²) >= 11 is 3.32. The van der Waals surface area contributed by atoms with E-state index in [0.717, 1.165) is 30.7 Å². The molecule has 1 aromatic rings. The molecule has 0 unspecified atom stereocenters. The fraction of sp³-hybridized carbons (Fsp3) is 0.467. The summed E-state index contributed by atoms with van der Waals surface area (Å²) in [7, 11) is 0. The van der Waals surface area contributed by atoms with E-state index in [1.54, 1.807) is 18.2 Å². The minimum absolute atomic E-state index is 0.210. The second-order valence-corrected chi connectivity index (χ2v) is 5.67. The molecule has 0 radical (unpaired) electrons. The zero-order chi connectivity index (χ0) is 15.2. The van der Waals surface area contributed by atoms with Gasteiger partial charge >= 0.3 is 0 Å². The first kappa shape index (κ1) is 16.1. The summed E-state index contributed by atoms with van der Waals surface area (Å²) in [4.78, 5) is 25.7. The Hall–Kier alpha value is -1.24. The molecule has 2 rings (SSSR count). The number of carbonyl (C=O) groups is 2. The molecule has 1 N–H and O–H groups in total. The van der Waals surface area contributed by atoms with Gasteiger partial charge in [0.15, 0.2) is 0 Å². The van der Waals surface area contributed by atoms with E-state index in [9.17, 15) is 9.59 Å². The summed E-state index contributed by atoms with van der Waals surface area (Å²) < 4.78 is 6.04. The maximum atomic E-state index is 12.2. The Balaban J connectivity index is 1.81. The first-order valence-electron chi connectivity index (χ1n) is 7.09.